The normalized spacial score (nSPS) is 22.2. The zero-order valence-corrected chi connectivity index (χ0v) is 15.5. The Morgan fingerprint density at radius 1 is 1.21 bits per heavy atom. The van der Waals surface area contributed by atoms with Gasteiger partial charge in [-0.3, -0.25) is 14.5 Å². The average molecular weight is 339 g/mol. The zero-order chi connectivity index (χ0) is 17.5. The first-order chi connectivity index (χ1) is 11.5. The highest BCUT2D eigenvalue weighted by molar-refractivity contribution is 5.77. The van der Waals surface area contributed by atoms with Gasteiger partial charge in [-0.25, -0.2) is 0 Å². The number of rotatable bonds is 7. The Bertz CT molecular complexity index is 422. The predicted octanol–water partition coefficient (Wildman–Crippen LogP) is 1.20. The molecule has 6 heteroatoms. The first-order valence-corrected chi connectivity index (χ1v) is 9.32. The number of ether oxygens (including phenoxy) is 1. The minimum absolute atomic E-state index is 0.115. The molecular weight excluding hydrogens is 306 g/mol. The van der Waals surface area contributed by atoms with Crippen molar-refractivity contribution in [3.05, 3.63) is 0 Å². The molecule has 0 N–H and O–H groups in total. The number of carbonyl (C=O) groups is 2. The molecule has 2 rings (SSSR count). The molecule has 138 valence electrons. The fraction of sp³-hybridized carbons (Fsp3) is 0.889. The molecule has 2 aliphatic heterocycles. The number of amides is 2. The quantitative estimate of drug-likeness (QED) is 0.699. The second-order valence-corrected chi connectivity index (χ2v) is 7.38. The van der Waals surface area contributed by atoms with Crippen molar-refractivity contribution in [2.75, 3.05) is 52.5 Å². The van der Waals surface area contributed by atoms with Crippen molar-refractivity contribution in [3.8, 4) is 0 Å². The van der Waals surface area contributed by atoms with E-state index in [1.165, 1.54) is 0 Å². The van der Waals surface area contributed by atoms with Crippen LogP contribution in [0.2, 0.25) is 0 Å². The van der Waals surface area contributed by atoms with Gasteiger partial charge in [0.2, 0.25) is 11.8 Å². The first kappa shape index (κ1) is 19.2. The van der Waals surface area contributed by atoms with E-state index in [4.69, 9.17) is 4.74 Å². The maximum absolute atomic E-state index is 12.3. The Balaban J connectivity index is 1.80. The Labute approximate surface area is 146 Å². The van der Waals surface area contributed by atoms with Crippen LogP contribution >= 0.6 is 0 Å². The van der Waals surface area contributed by atoms with E-state index in [2.05, 4.69) is 18.7 Å². The number of morpholine rings is 1. The summed E-state index contributed by atoms with van der Waals surface area (Å²) in [5.41, 5.74) is 0. The van der Waals surface area contributed by atoms with Crippen molar-refractivity contribution < 1.29 is 14.3 Å². The number of nitrogens with zero attached hydrogens (tertiary/aromatic N) is 3. The van der Waals surface area contributed by atoms with E-state index in [0.717, 1.165) is 58.8 Å². The van der Waals surface area contributed by atoms with Gasteiger partial charge in [0.05, 0.1) is 19.3 Å². The largest absolute Gasteiger partial charge is 0.379 e. The Morgan fingerprint density at radius 3 is 2.54 bits per heavy atom. The molecule has 1 unspecified atom stereocenters. The van der Waals surface area contributed by atoms with Gasteiger partial charge in [0, 0.05) is 52.6 Å². The highest BCUT2D eigenvalue weighted by Gasteiger charge is 2.31. The lowest BCUT2D eigenvalue weighted by Gasteiger charge is -2.32. The van der Waals surface area contributed by atoms with Gasteiger partial charge in [0.25, 0.3) is 0 Å². The molecule has 2 saturated heterocycles. The van der Waals surface area contributed by atoms with E-state index in [-0.39, 0.29) is 17.9 Å². The summed E-state index contributed by atoms with van der Waals surface area (Å²) < 4.78 is 5.37. The van der Waals surface area contributed by atoms with E-state index in [1.807, 2.05) is 9.80 Å². The van der Waals surface area contributed by atoms with Crippen molar-refractivity contribution in [2.24, 2.45) is 5.92 Å². The summed E-state index contributed by atoms with van der Waals surface area (Å²) in [4.78, 5) is 30.6. The van der Waals surface area contributed by atoms with Crippen molar-refractivity contribution >= 4 is 11.8 Å². The summed E-state index contributed by atoms with van der Waals surface area (Å²) in [7, 11) is 0. The molecule has 0 bridgehead atoms. The molecule has 6 nitrogen and oxygen atoms in total. The van der Waals surface area contributed by atoms with Crippen LogP contribution in [0.1, 0.15) is 40.0 Å². The molecule has 2 fully saturated rings. The van der Waals surface area contributed by atoms with Crippen LogP contribution in [0.4, 0.5) is 0 Å². The van der Waals surface area contributed by atoms with E-state index in [9.17, 15) is 9.59 Å². The smallest absolute Gasteiger partial charge is 0.222 e. The fourth-order valence-corrected chi connectivity index (χ4v) is 3.46. The van der Waals surface area contributed by atoms with Gasteiger partial charge < -0.3 is 14.5 Å². The van der Waals surface area contributed by atoms with Crippen LogP contribution in [0.3, 0.4) is 0 Å². The van der Waals surface area contributed by atoms with Crippen LogP contribution in [-0.4, -0.2) is 85.0 Å². The van der Waals surface area contributed by atoms with Crippen molar-refractivity contribution in [2.45, 2.75) is 46.1 Å². The third kappa shape index (κ3) is 5.74. The second kappa shape index (κ2) is 9.37. The number of carbonyl (C=O) groups excluding carboxylic acids is 2. The average Bonchev–Trinajstić information content (AvgIpc) is 3.03. The third-order valence-electron chi connectivity index (χ3n) is 5.06. The SMILES string of the molecule is CC(=O)N(CCN1CCOCC1)C1CCN(C(=O)CCC(C)C)C1. The standard InChI is InChI=1S/C18H33N3O3/c1-15(2)4-5-18(23)20-7-6-17(14-20)21(16(3)22)9-8-19-10-12-24-13-11-19/h15,17H,4-14H2,1-3H3. The number of hydrogen-bond acceptors (Lipinski definition) is 4. The molecule has 2 heterocycles. The van der Waals surface area contributed by atoms with Crippen LogP contribution in [0, 0.1) is 5.92 Å². The summed E-state index contributed by atoms with van der Waals surface area (Å²) in [5, 5.41) is 0. The molecule has 0 aromatic carbocycles. The van der Waals surface area contributed by atoms with E-state index in [1.54, 1.807) is 6.92 Å². The monoisotopic (exact) mass is 339 g/mol. The van der Waals surface area contributed by atoms with Gasteiger partial charge in [-0.1, -0.05) is 13.8 Å². The molecule has 0 aliphatic carbocycles. The lowest BCUT2D eigenvalue weighted by atomic mass is 10.1. The minimum Gasteiger partial charge on any atom is -0.379 e. The van der Waals surface area contributed by atoms with E-state index >= 15 is 0 Å². The van der Waals surface area contributed by atoms with Crippen LogP contribution in [0.15, 0.2) is 0 Å². The fourth-order valence-electron chi connectivity index (χ4n) is 3.46. The minimum atomic E-state index is 0.115. The van der Waals surface area contributed by atoms with E-state index in [0.29, 0.717) is 18.9 Å². The molecule has 0 aromatic heterocycles. The Kier molecular flexibility index (Phi) is 7.49. The predicted molar refractivity (Wildman–Crippen MR) is 93.7 cm³/mol. The summed E-state index contributed by atoms with van der Waals surface area (Å²) in [6, 6.07) is 0.173. The third-order valence-corrected chi connectivity index (χ3v) is 5.06. The maximum atomic E-state index is 12.3. The number of likely N-dealkylation sites (tertiary alicyclic amines) is 1. The maximum Gasteiger partial charge on any atom is 0.222 e. The topological polar surface area (TPSA) is 53.1 Å². The van der Waals surface area contributed by atoms with Crippen molar-refractivity contribution in [1.82, 2.24) is 14.7 Å². The molecule has 0 radical (unpaired) electrons. The molecular formula is C18H33N3O3. The second-order valence-electron chi connectivity index (χ2n) is 7.38. The van der Waals surface area contributed by atoms with Crippen molar-refractivity contribution in [3.63, 3.8) is 0 Å². The molecule has 2 amide bonds. The Morgan fingerprint density at radius 2 is 1.92 bits per heavy atom. The van der Waals surface area contributed by atoms with Gasteiger partial charge in [0.15, 0.2) is 0 Å². The Hall–Kier alpha value is -1.14. The highest BCUT2D eigenvalue weighted by Crippen LogP contribution is 2.18. The van der Waals surface area contributed by atoms with Gasteiger partial charge in [-0.05, 0) is 18.8 Å². The molecule has 2 aliphatic rings. The summed E-state index contributed by atoms with van der Waals surface area (Å²) in [5.74, 6) is 0.905. The molecule has 24 heavy (non-hydrogen) atoms. The molecule has 0 saturated carbocycles. The molecule has 0 aromatic rings. The van der Waals surface area contributed by atoms with Crippen LogP contribution < -0.4 is 0 Å². The van der Waals surface area contributed by atoms with Gasteiger partial charge in [-0.15, -0.1) is 0 Å². The highest BCUT2D eigenvalue weighted by atomic mass is 16.5. The van der Waals surface area contributed by atoms with Crippen LogP contribution in [0.25, 0.3) is 0 Å². The molecule has 1 atom stereocenters. The zero-order valence-electron chi connectivity index (χ0n) is 15.5. The first-order valence-electron chi connectivity index (χ1n) is 9.32. The summed E-state index contributed by atoms with van der Waals surface area (Å²) in [6.45, 7) is 12.5. The number of hydrogen-bond donors (Lipinski definition) is 0. The summed E-state index contributed by atoms with van der Waals surface area (Å²) >= 11 is 0. The van der Waals surface area contributed by atoms with E-state index < -0.39 is 0 Å². The summed E-state index contributed by atoms with van der Waals surface area (Å²) in [6.07, 6.45) is 2.46. The van der Waals surface area contributed by atoms with Gasteiger partial charge in [-0.2, -0.15) is 0 Å². The van der Waals surface area contributed by atoms with Gasteiger partial charge >= 0.3 is 0 Å². The van der Waals surface area contributed by atoms with Crippen LogP contribution in [-0.2, 0) is 14.3 Å². The lowest BCUT2D eigenvalue weighted by molar-refractivity contribution is -0.134. The molecule has 0 spiro atoms. The lowest BCUT2D eigenvalue weighted by Crippen LogP contribution is -2.47. The van der Waals surface area contributed by atoms with Crippen LogP contribution in [0.5, 0.6) is 0 Å². The van der Waals surface area contributed by atoms with Gasteiger partial charge in [0.1, 0.15) is 0 Å². The van der Waals surface area contributed by atoms with Crippen molar-refractivity contribution in [1.29, 1.82) is 0 Å².